The van der Waals surface area contributed by atoms with Gasteiger partial charge in [0.05, 0.1) is 6.04 Å². The van der Waals surface area contributed by atoms with Crippen LogP contribution in [0.3, 0.4) is 0 Å². The van der Waals surface area contributed by atoms with Crippen LogP contribution in [0.5, 0.6) is 0 Å². The summed E-state index contributed by atoms with van der Waals surface area (Å²) in [6, 6.07) is -0.519. The highest BCUT2D eigenvalue weighted by Gasteiger charge is 2.20. The van der Waals surface area contributed by atoms with Crippen LogP contribution >= 0.6 is 0 Å². The molecule has 4 heteroatoms. The van der Waals surface area contributed by atoms with Gasteiger partial charge in [-0.05, 0) is 34.1 Å². The van der Waals surface area contributed by atoms with E-state index in [-0.39, 0.29) is 5.78 Å². The lowest BCUT2D eigenvalue weighted by Gasteiger charge is -2.21. The molecule has 0 aliphatic carbocycles. The zero-order valence-corrected chi connectivity index (χ0v) is 10.5. The minimum absolute atomic E-state index is 0.0224. The Bertz CT molecular complexity index is 266. The largest absolute Gasteiger partial charge is 0.444 e. The standard InChI is InChI=1S/C12H21NO3/c1-6-7-8-10(14)9(2)13-11(15)16-12(3,4)5/h6,9H,1,7-8H2,2-5H3,(H,13,15)/t9-/m1/s1. The highest BCUT2D eigenvalue weighted by molar-refractivity contribution is 5.87. The molecule has 0 saturated heterocycles. The molecular weight excluding hydrogens is 206 g/mol. The summed E-state index contributed by atoms with van der Waals surface area (Å²) < 4.78 is 5.04. The summed E-state index contributed by atoms with van der Waals surface area (Å²) in [5.41, 5.74) is -0.548. The molecule has 0 bridgehead atoms. The summed E-state index contributed by atoms with van der Waals surface area (Å²) >= 11 is 0. The summed E-state index contributed by atoms with van der Waals surface area (Å²) in [7, 11) is 0. The topological polar surface area (TPSA) is 55.4 Å². The van der Waals surface area contributed by atoms with Crippen molar-refractivity contribution >= 4 is 11.9 Å². The van der Waals surface area contributed by atoms with Gasteiger partial charge in [-0.15, -0.1) is 6.58 Å². The zero-order chi connectivity index (χ0) is 12.8. The third-order valence-electron chi connectivity index (χ3n) is 1.81. The van der Waals surface area contributed by atoms with Crippen LogP contribution < -0.4 is 5.32 Å². The van der Waals surface area contributed by atoms with Gasteiger partial charge in [-0.25, -0.2) is 4.79 Å². The summed E-state index contributed by atoms with van der Waals surface area (Å²) in [6.45, 7) is 10.5. The third kappa shape index (κ3) is 7.04. The fraction of sp³-hybridized carbons (Fsp3) is 0.667. The van der Waals surface area contributed by atoms with Gasteiger partial charge in [0.15, 0.2) is 5.78 Å². The van der Waals surface area contributed by atoms with Gasteiger partial charge in [-0.2, -0.15) is 0 Å². The van der Waals surface area contributed by atoms with E-state index < -0.39 is 17.7 Å². The Hall–Kier alpha value is -1.32. The van der Waals surface area contributed by atoms with Crippen molar-refractivity contribution in [3.05, 3.63) is 12.7 Å². The predicted octanol–water partition coefficient (Wildman–Crippen LogP) is 2.43. The lowest BCUT2D eigenvalue weighted by atomic mass is 10.1. The number of allylic oxidation sites excluding steroid dienone is 1. The average molecular weight is 227 g/mol. The third-order valence-corrected chi connectivity index (χ3v) is 1.81. The van der Waals surface area contributed by atoms with Crippen molar-refractivity contribution in [2.75, 3.05) is 0 Å². The first-order chi connectivity index (χ1) is 7.26. The average Bonchev–Trinajstić information content (AvgIpc) is 2.10. The van der Waals surface area contributed by atoms with Crippen LogP contribution in [-0.4, -0.2) is 23.5 Å². The van der Waals surface area contributed by atoms with Crippen LogP contribution in [0.1, 0.15) is 40.5 Å². The van der Waals surface area contributed by atoms with Gasteiger partial charge in [-0.1, -0.05) is 6.08 Å². The molecule has 1 atom stereocenters. The molecule has 0 saturated carbocycles. The fourth-order valence-corrected chi connectivity index (χ4v) is 1.03. The Kier molecular flexibility index (Phi) is 5.78. The molecule has 0 aromatic heterocycles. The van der Waals surface area contributed by atoms with Gasteiger partial charge in [0, 0.05) is 6.42 Å². The molecule has 0 heterocycles. The van der Waals surface area contributed by atoms with Crippen molar-refractivity contribution in [3.63, 3.8) is 0 Å². The molecule has 1 N–H and O–H groups in total. The number of hydrogen-bond donors (Lipinski definition) is 1. The normalized spacial score (nSPS) is 12.8. The van der Waals surface area contributed by atoms with E-state index in [1.54, 1.807) is 33.8 Å². The summed E-state index contributed by atoms with van der Waals surface area (Å²) in [4.78, 5) is 22.8. The zero-order valence-electron chi connectivity index (χ0n) is 10.5. The summed E-state index contributed by atoms with van der Waals surface area (Å²) in [6.07, 6.45) is 2.13. The van der Waals surface area contributed by atoms with Crippen molar-refractivity contribution < 1.29 is 14.3 Å². The summed E-state index contributed by atoms with van der Waals surface area (Å²) in [5.74, 6) is -0.0224. The fourth-order valence-electron chi connectivity index (χ4n) is 1.03. The van der Waals surface area contributed by atoms with Crippen LogP contribution in [0.15, 0.2) is 12.7 Å². The molecule has 0 radical (unpaired) electrons. The second kappa shape index (κ2) is 6.30. The highest BCUT2D eigenvalue weighted by atomic mass is 16.6. The van der Waals surface area contributed by atoms with Gasteiger partial charge < -0.3 is 10.1 Å². The van der Waals surface area contributed by atoms with Gasteiger partial charge in [0.1, 0.15) is 5.60 Å². The van der Waals surface area contributed by atoms with Gasteiger partial charge in [0.25, 0.3) is 0 Å². The van der Waals surface area contributed by atoms with Crippen LogP contribution in [-0.2, 0) is 9.53 Å². The number of carbonyl (C=O) groups is 2. The van der Waals surface area contributed by atoms with Crippen LogP contribution in [0.4, 0.5) is 4.79 Å². The van der Waals surface area contributed by atoms with Crippen molar-refractivity contribution in [3.8, 4) is 0 Å². The molecule has 4 nitrogen and oxygen atoms in total. The Morgan fingerprint density at radius 1 is 1.44 bits per heavy atom. The second-order valence-electron chi connectivity index (χ2n) is 4.66. The van der Waals surface area contributed by atoms with E-state index in [1.165, 1.54) is 0 Å². The smallest absolute Gasteiger partial charge is 0.408 e. The molecular formula is C12H21NO3. The molecule has 92 valence electrons. The summed E-state index contributed by atoms with van der Waals surface area (Å²) in [5, 5.41) is 2.50. The van der Waals surface area contributed by atoms with E-state index >= 15 is 0 Å². The van der Waals surface area contributed by atoms with Gasteiger partial charge >= 0.3 is 6.09 Å². The molecule has 0 rings (SSSR count). The Balaban J connectivity index is 4.04. The first kappa shape index (κ1) is 14.7. The molecule has 0 aliphatic heterocycles. The number of carbonyl (C=O) groups excluding carboxylic acids is 2. The van der Waals surface area contributed by atoms with E-state index in [9.17, 15) is 9.59 Å². The lowest BCUT2D eigenvalue weighted by Crippen LogP contribution is -2.41. The Morgan fingerprint density at radius 2 is 2.00 bits per heavy atom. The van der Waals surface area contributed by atoms with Crippen LogP contribution in [0.2, 0.25) is 0 Å². The number of alkyl carbamates (subject to hydrolysis) is 1. The maximum absolute atomic E-state index is 11.5. The number of nitrogens with one attached hydrogen (secondary N) is 1. The number of rotatable bonds is 5. The molecule has 0 aromatic rings. The molecule has 0 aliphatic rings. The minimum Gasteiger partial charge on any atom is -0.444 e. The first-order valence-corrected chi connectivity index (χ1v) is 5.39. The SMILES string of the molecule is C=CCCC(=O)[C@@H](C)NC(=O)OC(C)(C)C. The van der Waals surface area contributed by atoms with Crippen molar-refractivity contribution in [2.45, 2.75) is 52.2 Å². The first-order valence-electron chi connectivity index (χ1n) is 5.39. The number of ketones is 1. The lowest BCUT2D eigenvalue weighted by molar-refractivity contribution is -0.120. The molecule has 16 heavy (non-hydrogen) atoms. The predicted molar refractivity (Wildman–Crippen MR) is 63.3 cm³/mol. The molecule has 0 aromatic carbocycles. The Labute approximate surface area is 97.1 Å². The van der Waals surface area contributed by atoms with Crippen LogP contribution in [0, 0.1) is 0 Å². The molecule has 0 fully saturated rings. The number of hydrogen-bond acceptors (Lipinski definition) is 3. The highest BCUT2D eigenvalue weighted by Crippen LogP contribution is 2.07. The number of amides is 1. The van der Waals surface area contributed by atoms with Crippen molar-refractivity contribution in [1.29, 1.82) is 0 Å². The van der Waals surface area contributed by atoms with E-state index in [0.29, 0.717) is 12.8 Å². The van der Waals surface area contributed by atoms with E-state index in [4.69, 9.17) is 4.74 Å². The van der Waals surface area contributed by atoms with Crippen LogP contribution in [0.25, 0.3) is 0 Å². The monoisotopic (exact) mass is 227 g/mol. The molecule has 1 amide bonds. The van der Waals surface area contributed by atoms with E-state index in [2.05, 4.69) is 11.9 Å². The second-order valence-corrected chi connectivity index (χ2v) is 4.66. The quantitative estimate of drug-likeness (QED) is 0.734. The van der Waals surface area contributed by atoms with Gasteiger partial charge in [0.2, 0.25) is 0 Å². The number of ether oxygens (including phenoxy) is 1. The molecule has 0 unspecified atom stereocenters. The van der Waals surface area contributed by atoms with Crippen molar-refractivity contribution in [2.24, 2.45) is 0 Å². The number of Topliss-reactive ketones (excluding diaryl/α,β-unsaturated/α-hetero) is 1. The maximum Gasteiger partial charge on any atom is 0.408 e. The van der Waals surface area contributed by atoms with Gasteiger partial charge in [-0.3, -0.25) is 4.79 Å². The molecule has 0 spiro atoms. The minimum atomic E-state index is -0.563. The maximum atomic E-state index is 11.5. The van der Waals surface area contributed by atoms with E-state index in [1.807, 2.05) is 0 Å². The van der Waals surface area contributed by atoms with Crippen molar-refractivity contribution in [1.82, 2.24) is 5.32 Å². The Morgan fingerprint density at radius 3 is 2.44 bits per heavy atom. The van der Waals surface area contributed by atoms with E-state index in [0.717, 1.165) is 0 Å².